The fourth-order valence-corrected chi connectivity index (χ4v) is 3.76. The Kier molecular flexibility index (Phi) is 6.86. The summed E-state index contributed by atoms with van der Waals surface area (Å²) < 4.78 is 20.7. The maximum Gasteiger partial charge on any atom is 0.303 e. The van der Waals surface area contributed by atoms with Gasteiger partial charge in [0.1, 0.15) is 6.10 Å². The molecule has 0 spiro atoms. The number of esters is 4. The van der Waals surface area contributed by atoms with E-state index in [1.54, 1.807) is 6.92 Å². The van der Waals surface area contributed by atoms with Gasteiger partial charge in [0, 0.05) is 27.7 Å². The van der Waals surface area contributed by atoms with Crippen LogP contribution in [0, 0.1) is 0 Å². The van der Waals surface area contributed by atoms with Gasteiger partial charge in [-0.15, -0.1) is 11.8 Å². The molecule has 0 aromatic rings. The highest BCUT2D eigenvalue weighted by Crippen LogP contribution is 2.41. The van der Waals surface area contributed by atoms with Crippen molar-refractivity contribution in [3.05, 3.63) is 0 Å². The molecule has 9 heteroatoms. The van der Waals surface area contributed by atoms with E-state index in [-0.39, 0.29) is 0 Å². The van der Waals surface area contributed by atoms with Gasteiger partial charge in [-0.3, -0.25) is 19.2 Å². The molecule has 1 saturated heterocycles. The van der Waals surface area contributed by atoms with Crippen LogP contribution in [0.3, 0.4) is 0 Å². The lowest BCUT2D eigenvalue weighted by Crippen LogP contribution is -2.44. The molecule has 23 heavy (non-hydrogen) atoms. The van der Waals surface area contributed by atoms with Crippen LogP contribution in [0.15, 0.2) is 0 Å². The SMILES string of the molecule is CC(=O)O[C@@H]1[C@@H](OC(C)=O)[C@H](OC(C)=O)S[C@H]1[C@@H](C)OC(C)=O. The van der Waals surface area contributed by atoms with E-state index in [1.807, 2.05) is 0 Å². The largest absolute Gasteiger partial charge is 0.462 e. The molecule has 0 amide bonds. The molecule has 5 atom stereocenters. The summed E-state index contributed by atoms with van der Waals surface area (Å²) >= 11 is 1.11. The van der Waals surface area contributed by atoms with E-state index in [2.05, 4.69) is 0 Å². The van der Waals surface area contributed by atoms with Crippen molar-refractivity contribution in [1.82, 2.24) is 0 Å². The van der Waals surface area contributed by atoms with Crippen molar-refractivity contribution in [2.45, 2.75) is 63.6 Å². The third-order valence-corrected chi connectivity index (χ3v) is 4.51. The standard InChI is InChI=1S/C14H20O8S/c1-6(19-7(2)15)13-11(20-8(3)16)12(21-9(4)17)14(23-13)22-10(5)18/h6,11-14H,1-5H3/t6-,11-,12-,13+,14-/m1/s1. The second-order valence-electron chi connectivity index (χ2n) is 5.04. The minimum absolute atomic E-state index is 0.500. The van der Waals surface area contributed by atoms with Crippen LogP contribution in [0.25, 0.3) is 0 Å². The number of carbonyl (C=O) groups is 4. The number of hydrogen-bond acceptors (Lipinski definition) is 9. The van der Waals surface area contributed by atoms with Gasteiger partial charge in [-0.25, -0.2) is 0 Å². The highest BCUT2D eigenvalue weighted by atomic mass is 32.2. The van der Waals surface area contributed by atoms with E-state index in [0.29, 0.717) is 0 Å². The van der Waals surface area contributed by atoms with Crippen LogP contribution < -0.4 is 0 Å². The van der Waals surface area contributed by atoms with Crippen LogP contribution in [0.1, 0.15) is 34.6 Å². The first kappa shape index (κ1) is 19.3. The highest BCUT2D eigenvalue weighted by molar-refractivity contribution is 8.00. The van der Waals surface area contributed by atoms with Crippen molar-refractivity contribution in [2.75, 3.05) is 0 Å². The molecule has 1 rings (SSSR count). The minimum Gasteiger partial charge on any atom is -0.462 e. The van der Waals surface area contributed by atoms with Gasteiger partial charge in [0.25, 0.3) is 0 Å². The van der Waals surface area contributed by atoms with Gasteiger partial charge in [-0.2, -0.15) is 0 Å². The van der Waals surface area contributed by atoms with E-state index in [9.17, 15) is 19.2 Å². The van der Waals surface area contributed by atoms with Crippen molar-refractivity contribution < 1.29 is 38.1 Å². The molecule has 1 fully saturated rings. The summed E-state index contributed by atoms with van der Waals surface area (Å²) in [5, 5.41) is -0.545. The second kappa shape index (κ2) is 8.19. The Morgan fingerprint density at radius 3 is 1.70 bits per heavy atom. The Labute approximate surface area is 138 Å². The first-order chi connectivity index (χ1) is 10.6. The molecular formula is C14H20O8S. The number of thioether (sulfide) groups is 1. The predicted molar refractivity (Wildman–Crippen MR) is 79.3 cm³/mol. The molecule has 0 N–H and O–H groups in total. The van der Waals surface area contributed by atoms with Gasteiger partial charge in [0.2, 0.25) is 0 Å². The summed E-state index contributed by atoms with van der Waals surface area (Å²) in [6.45, 7) is 6.50. The zero-order valence-corrected chi connectivity index (χ0v) is 14.4. The molecule has 1 aliphatic heterocycles. The van der Waals surface area contributed by atoms with Gasteiger partial charge in [-0.1, -0.05) is 0 Å². The smallest absolute Gasteiger partial charge is 0.303 e. The van der Waals surface area contributed by atoms with Crippen LogP contribution in [0.5, 0.6) is 0 Å². The molecule has 0 bridgehead atoms. The van der Waals surface area contributed by atoms with Gasteiger partial charge >= 0.3 is 23.9 Å². The van der Waals surface area contributed by atoms with Crippen molar-refractivity contribution in [3.63, 3.8) is 0 Å². The zero-order valence-electron chi connectivity index (χ0n) is 13.6. The second-order valence-corrected chi connectivity index (χ2v) is 6.32. The van der Waals surface area contributed by atoms with Crippen molar-refractivity contribution in [3.8, 4) is 0 Å². The topological polar surface area (TPSA) is 105 Å². The quantitative estimate of drug-likeness (QED) is 0.527. The Hall–Kier alpha value is -1.77. The molecular weight excluding hydrogens is 328 g/mol. The van der Waals surface area contributed by atoms with Crippen molar-refractivity contribution in [2.24, 2.45) is 0 Å². The molecule has 1 heterocycles. The van der Waals surface area contributed by atoms with Crippen molar-refractivity contribution >= 4 is 35.6 Å². The molecule has 0 aromatic carbocycles. The third kappa shape index (κ3) is 5.74. The third-order valence-electron chi connectivity index (χ3n) is 2.91. The Morgan fingerprint density at radius 2 is 1.26 bits per heavy atom. The lowest BCUT2D eigenvalue weighted by atomic mass is 10.1. The van der Waals surface area contributed by atoms with E-state index in [0.717, 1.165) is 11.8 Å². The van der Waals surface area contributed by atoms with E-state index in [4.69, 9.17) is 18.9 Å². The van der Waals surface area contributed by atoms with E-state index < -0.39 is 52.9 Å². The van der Waals surface area contributed by atoms with Gasteiger partial charge in [-0.05, 0) is 6.92 Å². The maximum atomic E-state index is 11.4. The minimum atomic E-state index is -0.978. The fraction of sp³-hybridized carbons (Fsp3) is 0.714. The summed E-state index contributed by atoms with van der Waals surface area (Å²) in [7, 11) is 0. The van der Waals surface area contributed by atoms with Gasteiger partial charge < -0.3 is 18.9 Å². The molecule has 0 unspecified atom stereocenters. The molecule has 0 aliphatic carbocycles. The molecule has 1 aliphatic rings. The average molecular weight is 348 g/mol. The lowest BCUT2D eigenvalue weighted by Gasteiger charge is -2.26. The summed E-state index contributed by atoms with van der Waals surface area (Å²) in [6.07, 6.45) is -2.52. The normalized spacial score (nSPS) is 27.7. The van der Waals surface area contributed by atoms with E-state index in [1.165, 1.54) is 27.7 Å². The van der Waals surface area contributed by atoms with Crippen LogP contribution in [0.4, 0.5) is 0 Å². The summed E-state index contributed by atoms with van der Waals surface area (Å²) in [6, 6.07) is 0. The van der Waals surface area contributed by atoms with Crippen LogP contribution in [0.2, 0.25) is 0 Å². The maximum absolute atomic E-state index is 11.4. The number of rotatable bonds is 5. The Morgan fingerprint density at radius 1 is 0.783 bits per heavy atom. The van der Waals surface area contributed by atoms with Gasteiger partial charge in [0.15, 0.2) is 17.6 Å². The molecule has 130 valence electrons. The number of hydrogen-bond donors (Lipinski definition) is 0. The first-order valence-electron chi connectivity index (χ1n) is 6.96. The van der Waals surface area contributed by atoms with Crippen LogP contribution in [-0.2, 0) is 38.1 Å². The van der Waals surface area contributed by atoms with Crippen molar-refractivity contribution in [1.29, 1.82) is 0 Å². The monoisotopic (exact) mass is 348 g/mol. The lowest BCUT2D eigenvalue weighted by molar-refractivity contribution is -0.175. The summed E-state index contributed by atoms with van der Waals surface area (Å²) in [5.74, 6) is -2.26. The Balaban J connectivity index is 3.06. The highest BCUT2D eigenvalue weighted by Gasteiger charge is 2.53. The molecule has 8 nitrogen and oxygen atoms in total. The first-order valence-corrected chi connectivity index (χ1v) is 7.90. The molecule has 0 aromatic heterocycles. The van der Waals surface area contributed by atoms with Crippen LogP contribution >= 0.6 is 11.8 Å². The molecule has 0 radical (unpaired) electrons. The zero-order chi connectivity index (χ0) is 17.7. The average Bonchev–Trinajstić information content (AvgIpc) is 2.65. The number of carbonyl (C=O) groups excluding carboxylic acids is 4. The Bertz CT molecular complexity index is 491. The van der Waals surface area contributed by atoms with Gasteiger partial charge in [0.05, 0.1) is 5.25 Å². The predicted octanol–water partition coefficient (Wildman–Crippen LogP) is 0.806. The van der Waals surface area contributed by atoms with Crippen LogP contribution in [-0.4, -0.2) is 52.9 Å². The summed E-state index contributed by atoms with van der Waals surface area (Å²) in [4.78, 5) is 45.1. The fourth-order valence-electron chi connectivity index (χ4n) is 2.26. The van der Waals surface area contributed by atoms with E-state index >= 15 is 0 Å². The molecule has 0 saturated carbocycles. The number of ether oxygens (including phenoxy) is 4. The summed E-state index contributed by atoms with van der Waals surface area (Å²) in [5.41, 5.74) is -0.858.